The van der Waals surface area contributed by atoms with E-state index in [-0.39, 0.29) is 17.8 Å². The van der Waals surface area contributed by atoms with Crippen LogP contribution in [0.4, 0.5) is 4.39 Å². The molecule has 1 aliphatic heterocycles. The Balaban J connectivity index is 1.37. The Morgan fingerprint density at radius 1 is 1.04 bits per heavy atom. The highest BCUT2D eigenvalue weighted by molar-refractivity contribution is 5.76. The van der Waals surface area contributed by atoms with Crippen LogP contribution in [0, 0.1) is 5.82 Å². The number of carbonyl (C=O) groups is 1. The molecule has 3 nitrogen and oxygen atoms in total. The fourth-order valence-electron chi connectivity index (χ4n) is 3.33. The number of aryl methyl sites for hydroxylation is 1. The van der Waals surface area contributed by atoms with E-state index in [9.17, 15) is 9.18 Å². The number of halogens is 1. The van der Waals surface area contributed by atoms with Gasteiger partial charge in [-0.15, -0.1) is 0 Å². The number of hydrogen-bond donors (Lipinski definition) is 1. The van der Waals surface area contributed by atoms with Gasteiger partial charge in [0.25, 0.3) is 0 Å². The van der Waals surface area contributed by atoms with Crippen molar-refractivity contribution in [2.24, 2.45) is 0 Å². The maximum atomic E-state index is 13.2. The minimum Gasteiger partial charge on any atom is -0.353 e. The summed E-state index contributed by atoms with van der Waals surface area (Å²) in [7, 11) is 0. The van der Waals surface area contributed by atoms with Crippen molar-refractivity contribution in [2.45, 2.75) is 38.3 Å². The number of likely N-dealkylation sites (tertiary alicyclic amines) is 1. The topological polar surface area (TPSA) is 32.3 Å². The summed E-state index contributed by atoms with van der Waals surface area (Å²) in [4.78, 5) is 14.6. The Hall–Kier alpha value is -2.20. The van der Waals surface area contributed by atoms with Gasteiger partial charge in [0.2, 0.25) is 5.91 Å². The van der Waals surface area contributed by atoms with Crippen molar-refractivity contribution >= 4 is 5.91 Å². The van der Waals surface area contributed by atoms with Gasteiger partial charge < -0.3 is 5.32 Å². The van der Waals surface area contributed by atoms with Crippen LogP contribution in [0.5, 0.6) is 0 Å². The molecule has 0 atom stereocenters. The standard InChI is InChI=1S/C21H25FN2O/c22-19-8-4-7-17(15-19)9-10-21(25)23-20-11-13-24(14-12-20)16-18-5-2-1-3-6-18/h1-8,15,20H,9-14,16H2,(H,23,25). The molecule has 0 bridgehead atoms. The van der Waals surface area contributed by atoms with Crippen molar-refractivity contribution < 1.29 is 9.18 Å². The maximum absolute atomic E-state index is 13.2. The molecule has 0 unspecified atom stereocenters. The summed E-state index contributed by atoms with van der Waals surface area (Å²) in [6.45, 7) is 2.98. The van der Waals surface area contributed by atoms with Gasteiger partial charge in [-0.1, -0.05) is 42.5 Å². The smallest absolute Gasteiger partial charge is 0.220 e. The third kappa shape index (κ3) is 5.68. The molecule has 0 spiro atoms. The lowest BCUT2D eigenvalue weighted by Crippen LogP contribution is -2.44. The number of hydrogen-bond acceptors (Lipinski definition) is 2. The van der Waals surface area contributed by atoms with Gasteiger partial charge in [0.15, 0.2) is 0 Å². The maximum Gasteiger partial charge on any atom is 0.220 e. The highest BCUT2D eigenvalue weighted by Crippen LogP contribution is 2.14. The first kappa shape index (κ1) is 17.6. The van der Waals surface area contributed by atoms with E-state index in [0.717, 1.165) is 38.0 Å². The van der Waals surface area contributed by atoms with Gasteiger partial charge in [0.1, 0.15) is 5.82 Å². The second kappa shape index (κ2) is 8.77. The molecule has 1 amide bonds. The fourth-order valence-corrected chi connectivity index (χ4v) is 3.33. The van der Waals surface area contributed by atoms with Crippen LogP contribution in [-0.2, 0) is 17.8 Å². The number of benzene rings is 2. The zero-order valence-corrected chi connectivity index (χ0v) is 14.5. The molecule has 0 saturated carbocycles. The second-order valence-electron chi connectivity index (χ2n) is 6.73. The number of piperidine rings is 1. The van der Waals surface area contributed by atoms with Crippen molar-refractivity contribution in [3.05, 3.63) is 71.5 Å². The van der Waals surface area contributed by atoms with Gasteiger partial charge >= 0.3 is 0 Å². The van der Waals surface area contributed by atoms with Crippen LogP contribution in [0.2, 0.25) is 0 Å². The zero-order chi connectivity index (χ0) is 17.5. The van der Waals surface area contributed by atoms with E-state index in [4.69, 9.17) is 0 Å². The summed E-state index contributed by atoms with van der Waals surface area (Å²) in [5, 5.41) is 3.13. The molecule has 1 N–H and O–H groups in total. The lowest BCUT2D eigenvalue weighted by molar-refractivity contribution is -0.122. The molecule has 1 saturated heterocycles. The van der Waals surface area contributed by atoms with E-state index in [2.05, 4.69) is 34.5 Å². The SMILES string of the molecule is O=C(CCc1cccc(F)c1)NC1CCN(Cc2ccccc2)CC1. The Kier molecular flexibility index (Phi) is 6.18. The van der Waals surface area contributed by atoms with E-state index in [1.807, 2.05) is 12.1 Å². The van der Waals surface area contributed by atoms with Gasteiger partial charge in [0.05, 0.1) is 0 Å². The molecule has 3 rings (SSSR count). The van der Waals surface area contributed by atoms with Crippen molar-refractivity contribution in [1.29, 1.82) is 0 Å². The first-order chi connectivity index (χ1) is 12.2. The molecule has 2 aromatic rings. The predicted molar refractivity (Wildman–Crippen MR) is 97.6 cm³/mol. The minimum absolute atomic E-state index is 0.0609. The largest absolute Gasteiger partial charge is 0.353 e. The molecule has 0 aromatic heterocycles. The van der Waals surface area contributed by atoms with Crippen molar-refractivity contribution in [1.82, 2.24) is 10.2 Å². The molecular weight excluding hydrogens is 315 g/mol. The van der Waals surface area contributed by atoms with E-state index in [1.165, 1.54) is 17.7 Å². The Bertz CT molecular complexity index is 681. The van der Waals surface area contributed by atoms with E-state index in [1.54, 1.807) is 6.07 Å². The molecule has 1 heterocycles. The Morgan fingerprint density at radius 2 is 1.76 bits per heavy atom. The number of rotatable bonds is 6. The van der Waals surface area contributed by atoms with Gasteiger partial charge in [-0.2, -0.15) is 0 Å². The van der Waals surface area contributed by atoms with Gasteiger partial charge in [-0.25, -0.2) is 4.39 Å². The molecule has 132 valence electrons. The third-order valence-corrected chi connectivity index (χ3v) is 4.73. The summed E-state index contributed by atoms with van der Waals surface area (Å²) >= 11 is 0. The monoisotopic (exact) mass is 340 g/mol. The van der Waals surface area contributed by atoms with Crippen molar-refractivity contribution in [2.75, 3.05) is 13.1 Å². The zero-order valence-electron chi connectivity index (χ0n) is 14.5. The summed E-state index contributed by atoms with van der Waals surface area (Å²) in [6.07, 6.45) is 2.96. The highest BCUT2D eigenvalue weighted by atomic mass is 19.1. The predicted octanol–water partition coefficient (Wildman–Crippen LogP) is 3.54. The van der Waals surface area contributed by atoms with Crippen LogP contribution >= 0.6 is 0 Å². The fraction of sp³-hybridized carbons (Fsp3) is 0.381. The van der Waals surface area contributed by atoms with Crippen LogP contribution in [0.1, 0.15) is 30.4 Å². The first-order valence-electron chi connectivity index (χ1n) is 8.99. The van der Waals surface area contributed by atoms with Crippen LogP contribution in [0.15, 0.2) is 54.6 Å². The van der Waals surface area contributed by atoms with Gasteiger partial charge in [0, 0.05) is 32.1 Å². The molecular formula is C21H25FN2O. The lowest BCUT2D eigenvalue weighted by Gasteiger charge is -2.32. The summed E-state index contributed by atoms with van der Waals surface area (Å²) in [5.41, 5.74) is 2.20. The molecule has 4 heteroatoms. The third-order valence-electron chi connectivity index (χ3n) is 4.73. The summed E-state index contributed by atoms with van der Waals surface area (Å²) in [5.74, 6) is -0.186. The van der Waals surface area contributed by atoms with Crippen LogP contribution < -0.4 is 5.32 Å². The van der Waals surface area contributed by atoms with E-state index in [0.29, 0.717) is 12.8 Å². The van der Waals surface area contributed by atoms with Crippen LogP contribution in [0.25, 0.3) is 0 Å². The average molecular weight is 340 g/mol. The summed E-state index contributed by atoms with van der Waals surface area (Å²) in [6, 6.07) is 17.2. The number of nitrogens with zero attached hydrogens (tertiary/aromatic N) is 1. The molecule has 1 fully saturated rings. The lowest BCUT2D eigenvalue weighted by atomic mass is 10.0. The Labute approximate surface area is 148 Å². The molecule has 25 heavy (non-hydrogen) atoms. The molecule has 2 aromatic carbocycles. The van der Waals surface area contributed by atoms with E-state index < -0.39 is 0 Å². The van der Waals surface area contributed by atoms with Crippen molar-refractivity contribution in [3.63, 3.8) is 0 Å². The molecule has 0 radical (unpaired) electrons. The number of nitrogens with one attached hydrogen (secondary N) is 1. The van der Waals surface area contributed by atoms with Crippen molar-refractivity contribution in [3.8, 4) is 0 Å². The quantitative estimate of drug-likeness (QED) is 0.872. The Morgan fingerprint density at radius 3 is 2.48 bits per heavy atom. The van der Waals surface area contributed by atoms with Crippen LogP contribution in [0.3, 0.4) is 0 Å². The second-order valence-corrected chi connectivity index (χ2v) is 6.73. The molecule has 0 aliphatic carbocycles. The summed E-state index contributed by atoms with van der Waals surface area (Å²) < 4.78 is 13.2. The van der Waals surface area contributed by atoms with Gasteiger partial charge in [-0.05, 0) is 42.5 Å². The van der Waals surface area contributed by atoms with E-state index >= 15 is 0 Å². The average Bonchev–Trinajstić information content (AvgIpc) is 2.63. The number of carbonyl (C=O) groups excluding carboxylic acids is 1. The van der Waals surface area contributed by atoms with Crippen LogP contribution in [-0.4, -0.2) is 29.9 Å². The first-order valence-corrected chi connectivity index (χ1v) is 8.99. The normalized spacial score (nSPS) is 15.9. The highest BCUT2D eigenvalue weighted by Gasteiger charge is 2.20. The number of amides is 1. The molecule has 1 aliphatic rings. The van der Waals surface area contributed by atoms with Gasteiger partial charge in [-0.3, -0.25) is 9.69 Å². The minimum atomic E-state index is -0.247.